The van der Waals surface area contributed by atoms with Crippen molar-refractivity contribution < 1.29 is 0 Å². The van der Waals surface area contributed by atoms with Crippen molar-refractivity contribution in [1.82, 2.24) is 9.55 Å². The maximum absolute atomic E-state index is 9.77. The van der Waals surface area contributed by atoms with E-state index in [1.54, 1.807) is 0 Å². The van der Waals surface area contributed by atoms with Crippen LogP contribution in [-0.2, 0) is 0 Å². The van der Waals surface area contributed by atoms with Crippen LogP contribution < -0.4 is 5.73 Å². The lowest BCUT2D eigenvalue weighted by Crippen LogP contribution is -2.03. The minimum absolute atomic E-state index is 0.170. The fraction of sp³-hybridized carbons (Fsp3) is 0.240. The van der Waals surface area contributed by atoms with Crippen LogP contribution in [0.1, 0.15) is 61.2 Å². The fourth-order valence-electron chi connectivity index (χ4n) is 4.26. The summed E-state index contributed by atoms with van der Waals surface area (Å²) < 4.78 is 2.30. The van der Waals surface area contributed by atoms with E-state index in [9.17, 15) is 10.5 Å². The van der Waals surface area contributed by atoms with Crippen LogP contribution in [0.4, 0.5) is 5.82 Å². The Balaban J connectivity index is 2.03. The lowest BCUT2D eigenvalue weighted by Gasteiger charge is -2.12. The first-order valence-electron chi connectivity index (χ1n) is 10.1. The first-order valence-corrected chi connectivity index (χ1v) is 10.1. The number of benzene rings is 1. The van der Waals surface area contributed by atoms with Gasteiger partial charge in [-0.15, -0.1) is 0 Å². The number of pyridine rings is 1. The van der Waals surface area contributed by atoms with Crippen LogP contribution in [0.25, 0.3) is 28.1 Å². The summed E-state index contributed by atoms with van der Waals surface area (Å²) in [5, 5.41) is 20.5. The highest BCUT2D eigenvalue weighted by Crippen LogP contribution is 2.44. The summed E-state index contributed by atoms with van der Waals surface area (Å²) in [7, 11) is 0. The van der Waals surface area contributed by atoms with Gasteiger partial charge in [0, 0.05) is 34.3 Å². The van der Waals surface area contributed by atoms with Gasteiger partial charge in [0.2, 0.25) is 0 Å². The molecule has 2 aromatic heterocycles. The van der Waals surface area contributed by atoms with Crippen LogP contribution >= 0.6 is 0 Å². The predicted octanol–water partition coefficient (Wildman–Crippen LogP) is 5.62. The molecule has 4 rings (SSSR count). The van der Waals surface area contributed by atoms with Crippen molar-refractivity contribution in [1.29, 1.82) is 10.5 Å². The molecule has 0 unspecified atom stereocenters. The monoisotopic (exact) mass is 393 g/mol. The number of anilines is 1. The molecule has 0 amide bonds. The number of fused-ring (bicyclic) bond motifs is 2. The van der Waals surface area contributed by atoms with Gasteiger partial charge in [-0.1, -0.05) is 25.1 Å². The van der Waals surface area contributed by atoms with Crippen molar-refractivity contribution in [2.24, 2.45) is 0 Å². The number of allylic oxidation sites excluding steroid dienone is 3. The maximum Gasteiger partial charge on any atom is 0.142 e. The normalized spacial score (nSPS) is 15.3. The zero-order valence-corrected chi connectivity index (χ0v) is 17.6. The average molecular weight is 393 g/mol. The number of hydrogen-bond donors (Lipinski definition) is 1. The van der Waals surface area contributed by atoms with E-state index in [1.807, 2.05) is 19.9 Å². The number of rotatable bonds is 3. The van der Waals surface area contributed by atoms with Crippen molar-refractivity contribution in [3.05, 3.63) is 64.0 Å². The van der Waals surface area contributed by atoms with Gasteiger partial charge in [-0.2, -0.15) is 10.5 Å². The summed E-state index contributed by atoms with van der Waals surface area (Å²) in [4.78, 5) is 4.42. The Morgan fingerprint density at radius 1 is 1.20 bits per heavy atom. The van der Waals surface area contributed by atoms with Crippen molar-refractivity contribution in [3.63, 3.8) is 0 Å². The summed E-state index contributed by atoms with van der Waals surface area (Å²) >= 11 is 0. The molecule has 0 saturated carbocycles. The van der Waals surface area contributed by atoms with E-state index in [2.05, 4.69) is 66.0 Å². The van der Waals surface area contributed by atoms with E-state index in [0.717, 1.165) is 39.6 Å². The highest BCUT2D eigenvalue weighted by atomic mass is 15.0. The number of nitriles is 2. The van der Waals surface area contributed by atoms with E-state index in [0.29, 0.717) is 22.9 Å². The lowest BCUT2D eigenvalue weighted by molar-refractivity contribution is 0.548. The van der Waals surface area contributed by atoms with E-state index in [1.165, 1.54) is 5.52 Å². The lowest BCUT2D eigenvalue weighted by atomic mass is 9.95. The molecule has 0 radical (unpaired) electrons. The fourth-order valence-corrected chi connectivity index (χ4v) is 4.26. The van der Waals surface area contributed by atoms with E-state index in [-0.39, 0.29) is 5.82 Å². The molecule has 1 aromatic carbocycles. The molecule has 1 aliphatic rings. The quantitative estimate of drug-likeness (QED) is 0.625. The highest BCUT2D eigenvalue weighted by molar-refractivity contribution is 6.10. The van der Waals surface area contributed by atoms with Crippen LogP contribution in [0.5, 0.6) is 0 Å². The third-order valence-corrected chi connectivity index (χ3v) is 6.12. The third kappa shape index (κ3) is 2.71. The van der Waals surface area contributed by atoms with Gasteiger partial charge in [0.05, 0.1) is 16.8 Å². The molecule has 148 valence electrons. The first-order chi connectivity index (χ1) is 14.4. The molecule has 2 heterocycles. The number of hydrogen-bond acceptors (Lipinski definition) is 4. The van der Waals surface area contributed by atoms with Crippen molar-refractivity contribution in [2.45, 2.75) is 40.2 Å². The van der Waals surface area contributed by atoms with Gasteiger partial charge in [0.25, 0.3) is 0 Å². The van der Waals surface area contributed by atoms with Crippen LogP contribution in [0.15, 0.2) is 36.0 Å². The molecule has 30 heavy (non-hydrogen) atoms. The second-order valence-electron chi connectivity index (χ2n) is 7.77. The summed E-state index contributed by atoms with van der Waals surface area (Å²) in [6, 6.07) is 13.2. The second kappa shape index (κ2) is 7.21. The molecular formula is C25H23N5. The molecule has 0 spiro atoms. The molecule has 3 aromatic rings. The van der Waals surface area contributed by atoms with Gasteiger partial charge in [-0.25, -0.2) is 4.98 Å². The Hall–Kier alpha value is -3.83. The summed E-state index contributed by atoms with van der Waals surface area (Å²) in [5.41, 5.74) is 13.1. The van der Waals surface area contributed by atoms with E-state index >= 15 is 0 Å². The zero-order valence-electron chi connectivity index (χ0n) is 17.6. The zero-order chi connectivity index (χ0) is 21.6. The van der Waals surface area contributed by atoms with Gasteiger partial charge in [-0.3, -0.25) is 0 Å². The topological polar surface area (TPSA) is 91.4 Å². The number of aromatic nitrogens is 2. The summed E-state index contributed by atoms with van der Waals surface area (Å²) in [6.07, 6.45) is 5.32. The molecule has 5 heteroatoms. The van der Waals surface area contributed by atoms with Crippen molar-refractivity contribution in [3.8, 4) is 12.1 Å². The molecule has 0 fully saturated rings. The molecule has 1 atom stereocenters. The Morgan fingerprint density at radius 2 is 1.93 bits per heavy atom. The second-order valence-corrected chi connectivity index (χ2v) is 7.77. The molecule has 5 nitrogen and oxygen atoms in total. The molecule has 2 N–H and O–H groups in total. The average Bonchev–Trinajstić information content (AvgIpc) is 3.23. The van der Waals surface area contributed by atoms with Gasteiger partial charge >= 0.3 is 0 Å². The SMILES string of the molecule is CC[C@H](C)n1cc(/C=C2/C(C)=C(C#N)c3nc(N)c(C#N)c(C)c32)c2ccccc21. The Bertz CT molecular complexity index is 1340. The molecular weight excluding hydrogens is 370 g/mol. The minimum atomic E-state index is 0.170. The maximum atomic E-state index is 9.77. The Morgan fingerprint density at radius 3 is 2.60 bits per heavy atom. The van der Waals surface area contributed by atoms with Crippen LogP contribution in [0.2, 0.25) is 0 Å². The predicted molar refractivity (Wildman–Crippen MR) is 121 cm³/mol. The molecule has 1 aliphatic carbocycles. The standard InChI is InChI=1S/C25H23N5/c1-5-14(2)30-13-17(18-8-6-7-9-22(18)30)10-19-15(3)20(11-26)24-23(19)16(4)21(12-27)25(28)29-24/h6-10,13-14H,5H2,1-4H3,(H2,28,29)/b19-10-/t14-/m0/s1. The van der Waals surface area contributed by atoms with Crippen molar-refractivity contribution >= 4 is 33.9 Å². The molecule has 0 saturated heterocycles. The van der Waals surface area contributed by atoms with Gasteiger partial charge in [0.1, 0.15) is 18.0 Å². The third-order valence-electron chi connectivity index (χ3n) is 6.12. The highest BCUT2D eigenvalue weighted by Gasteiger charge is 2.30. The summed E-state index contributed by atoms with van der Waals surface area (Å²) in [5.74, 6) is 0.170. The van der Waals surface area contributed by atoms with Crippen molar-refractivity contribution in [2.75, 3.05) is 5.73 Å². The number of nitrogens with zero attached hydrogens (tertiary/aromatic N) is 4. The Kier molecular flexibility index (Phi) is 4.68. The molecule has 0 aliphatic heterocycles. The van der Waals surface area contributed by atoms with E-state index in [4.69, 9.17) is 5.73 Å². The largest absolute Gasteiger partial charge is 0.383 e. The van der Waals surface area contributed by atoms with Crippen LogP contribution in [0.3, 0.4) is 0 Å². The minimum Gasteiger partial charge on any atom is -0.383 e. The number of para-hydroxylation sites is 1. The van der Waals surface area contributed by atoms with Gasteiger partial charge in [0.15, 0.2) is 0 Å². The molecule has 0 bridgehead atoms. The number of nitrogens with two attached hydrogens (primary N) is 1. The Labute approximate surface area is 176 Å². The van der Waals surface area contributed by atoms with Gasteiger partial charge < -0.3 is 10.3 Å². The number of nitrogen functional groups attached to an aromatic ring is 1. The van der Waals surface area contributed by atoms with Gasteiger partial charge in [-0.05, 0) is 56.0 Å². The van der Waals surface area contributed by atoms with Crippen LogP contribution in [-0.4, -0.2) is 9.55 Å². The smallest absolute Gasteiger partial charge is 0.142 e. The van der Waals surface area contributed by atoms with Crippen LogP contribution in [0, 0.1) is 29.6 Å². The first kappa shape index (κ1) is 19.5. The summed E-state index contributed by atoms with van der Waals surface area (Å²) in [6.45, 7) is 8.20. The van der Waals surface area contributed by atoms with E-state index < -0.39 is 0 Å².